The van der Waals surface area contributed by atoms with Crippen LogP contribution in [0.1, 0.15) is 48.0 Å². The van der Waals surface area contributed by atoms with E-state index in [9.17, 15) is 36.6 Å². The van der Waals surface area contributed by atoms with Gasteiger partial charge in [0.15, 0.2) is 0 Å². The number of halogens is 6. The van der Waals surface area contributed by atoms with Crippen LogP contribution in [0.25, 0.3) is 0 Å². The van der Waals surface area contributed by atoms with E-state index in [4.69, 9.17) is 16.3 Å². The predicted molar refractivity (Wildman–Crippen MR) is 149 cm³/mol. The van der Waals surface area contributed by atoms with Crippen LogP contribution in [0.15, 0.2) is 36.4 Å². The molecular formula is C29H34ClF5N4O4. The number of aliphatic hydroxyl groups is 1. The number of piperidine rings is 2. The lowest BCUT2D eigenvalue weighted by atomic mass is 9.81. The highest BCUT2D eigenvalue weighted by atomic mass is 35.5. The molecule has 1 aromatic heterocycles. The number of rotatable bonds is 8. The molecule has 4 rings (SSSR count). The Labute approximate surface area is 251 Å². The average Bonchev–Trinajstić information content (AvgIpc) is 3.00. The van der Waals surface area contributed by atoms with Crippen molar-refractivity contribution in [2.24, 2.45) is 11.8 Å². The standard InChI is InChI=1S/C29H34ClF5N4O4/c1-36-25(40)22-6-7-23(37-24(22)30)38-12-8-18(9-13-38)16-19-10-14-39(15-11-19)26(41)27(42,28(31,32)29(33,34)35)20-4-3-5-21(17-20)43-2/h3-7,17-19,42H,8-16H2,1-2H3,(H,36,40)/t27-/m1/s1. The van der Waals surface area contributed by atoms with Gasteiger partial charge in [0.05, 0.1) is 12.7 Å². The summed E-state index contributed by atoms with van der Waals surface area (Å²) in [5.74, 6) is -6.68. The van der Waals surface area contributed by atoms with Crippen LogP contribution < -0.4 is 15.0 Å². The van der Waals surface area contributed by atoms with Crippen LogP contribution in [-0.2, 0) is 10.4 Å². The Hall–Kier alpha value is -3.19. The number of anilines is 1. The van der Waals surface area contributed by atoms with Gasteiger partial charge in [-0.3, -0.25) is 9.59 Å². The van der Waals surface area contributed by atoms with Gasteiger partial charge in [0.25, 0.3) is 11.8 Å². The SMILES string of the molecule is CNC(=O)c1ccc(N2CCC(CC3CCN(C(=O)[C@](O)(c4cccc(OC)c4)C(F)(F)C(F)(F)F)CC3)CC2)nc1Cl. The summed E-state index contributed by atoms with van der Waals surface area (Å²) < 4.78 is 75.2. The number of ether oxygens (including phenoxy) is 1. The predicted octanol–water partition coefficient (Wildman–Crippen LogP) is 5.03. The Kier molecular flexibility index (Phi) is 9.75. The number of nitrogens with one attached hydrogen (secondary N) is 1. The fraction of sp³-hybridized carbons (Fsp3) is 0.552. The summed E-state index contributed by atoms with van der Waals surface area (Å²) >= 11 is 6.19. The molecule has 0 saturated carbocycles. The highest BCUT2D eigenvalue weighted by Gasteiger charge is 2.74. The second-order valence-corrected chi connectivity index (χ2v) is 11.4. The van der Waals surface area contributed by atoms with Crippen molar-refractivity contribution in [1.82, 2.24) is 15.2 Å². The van der Waals surface area contributed by atoms with E-state index < -0.39 is 29.2 Å². The lowest BCUT2D eigenvalue weighted by molar-refractivity contribution is -0.339. The number of benzene rings is 1. The molecule has 2 aliphatic heterocycles. The number of nitrogens with zero attached hydrogens (tertiary/aromatic N) is 3. The van der Waals surface area contributed by atoms with Gasteiger partial charge in [0.1, 0.15) is 16.7 Å². The number of pyridine rings is 1. The average molecular weight is 633 g/mol. The molecule has 2 aromatic rings. The molecule has 43 heavy (non-hydrogen) atoms. The van der Waals surface area contributed by atoms with E-state index in [1.165, 1.54) is 20.2 Å². The zero-order valence-corrected chi connectivity index (χ0v) is 24.5. The number of carbonyl (C=O) groups is 2. The Bertz CT molecular complexity index is 1310. The number of hydrogen-bond donors (Lipinski definition) is 2. The molecule has 0 aliphatic carbocycles. The number of alkyl halides is 5. The quantitative estimate of drug-likeness (QED) is 0.313. The zero-order valence-electron chi connectivity index (χ0n) is 23.8. The Morgan fingerprint density at radius 3 is 2.16 bits per heavy atom. The van der Waals surface area contributed by atoms with Crippen molar-refractivity contribution in [3.8, 4) is 5.75 Å². The summed E-state index contributed by atoms with van der Waals surface area (Å²) in [5, 5.41) is 13.6. The van der Waals surface area contributed by atoms with Crippen molar-refractivity contribution in [3.05, 3.63) is 52.7 Å². The van der Waals surface area contributed by atoms with Crippen molar-refractivity contribution in [1.29, 1.82) is 0 Å². The van der Waals surface area contributed by atoms with Crippen LogP contribution in [-0.4, -0.2) is 79.2 Å². The largest absolute Gasteiger partial charge is 0.497 e. The van der Waals surface area contributed by atoms with Gasteiger partial charge in [-0.25, -0.2) is 4.98 Å². The lowest BCUT2D eigenvalue weighted by Crippen LogP contribution is -2.63. The first-order valence-electron chi connectivity index (χ1n) is 14.0. The maximum Gasteiger partial charge on any atom is 0.457 e. The van der Waals surface area contributed by atoms with Gasteiger partial charge in [0, 0.05) is 38.8 Å². The van der Waals surface area contributed by atoms with Gasteiger partial charge in [-0.05, 0) is 68.2 Å². The minimum Gasteiger partial charge on any atom is -0.497 e. The summed E-state index contributed by atoms with van der Waals surface area (Å²) in [6.45, 7) is 1.32. The van der Waals surface area contributed by atoms with Gasteiger partial charge in [-0.15, -0.1) is 0 Å². The highest BCUT2D eigenvalue weighted by molar-refractivity contribution is 6.32. The monoisotopic (exact) mass is 632 g/mol. The maximum absolute atomic E-state index is 14.8. The minimum atomic E-state index is -6.18. The first-order chi connectivity index (χ1) is 20.2. The molecule has 8 nitrogen and oxygen atoms in total. The van der Waals surface area contributed by atoms with Crippen LogP contribution in [0.5, 0.6) is 5.75 Å². The van der Waals surface area contributed by atoms with Gasteiger partial charge in [0.2, 0.25) is 5.60 Å². The summed E-state index contributed by atoms with van der Waals surface area (Å²) in [6.07, 6.45) is -2.84. The van der Waals surface area contributed by atoms with Crippen molar-refractivity contribution >= 4 is 29.2 Å². The first-order valence-corrected chi connectivity index (χ1v) is 14.3. The van der Waals surface area contributed by atoms with Crippen LogP contribution >= 0.6 is 11.6 Å². The molecule has 1 aromatic carbocycles. The van der Waals surface area contributed by atoms with E-state index in [-0.39, 0.29) is 41.4 Å². The smallest absolute Gasteiger partial charge is 0.457 e. The third-order valence-electron chi connectivity index (χ3n) is 8.42. The second-order valence-electron chi connectivity index (χ2n) is 11.0. The summed E-state index contributed by atoms with van der Waals surface area (Å²) in [4.78, 5) is 32.5. The third kappa shape index (κ3) is 6.52. The zero-order chi connectivity index (χ0) is 31.6. The van der Waals surface area contributed by atoms with Crippen LogP contribution in [0, 0.1) is 11.8 Å². The molecule has 2 saturated heterocycles. The molecule has 236 valence electrons. The Balaban J connectivity index is 1.37. The molecular weight excluding hydrogens is 599 g/mol. The number of hydrogen-bond acceptors (Lipinski definition) is 6. The molecule has 1 atom stereocenters. The lowest BCUT2D eigenvalue weighted by Gasteiger charge is -2.42. The molecule has 0 bridgehead atoms. The second kappa shape index (κ2) is 12.8. The van der Waals surface area contributed by atoms with E-state index in [1.807, 2.05) is 0 Å². The number of likely N-dealkylation sites (tertiary alicyclic amines) is 1. The Morgan fingerprint density at radius 1 is 1.02 bits per heavy atom. The minimum absolute atomic E-state index is 0.0529. The van der Waals surface area contributed by atoms with Gasteiger partial charge in [-0.1, -0.05) is 23.7 Å². The maximum atomic E-state index is 14.8. The topological polar surface area (TPSA) is 95.0 Å². The number of aromatic nitrogens is 1. The van der Waals surface area contributed by atoms with Crippen LogP contribution in [0.3, 0.4) is 0 Å². The Morgan fingerprint density at radius 2 is 1.63 bits per heavy atom. The number of carbonyl (C=O) groups excluding carboxylic acids is 2. The fourth-order valence-corrected chi connectivity index (χ4v) is 6.10. The van der Waals surface area contributed by atoms with E-state index in [1.54, 1.807) is 12.1 Å². The number of methoxy groups -OCH3 is 1. The van der Waals surface area contributed by atoms with Gasteiger partial charge in [-0.2, -0.15) is 22.0 Å². The van der Waals surface area contributed by atoms with E-state index >= 15 is 0 Å². The first kappa shape index (κ1) is 32.7. The molecule has 2 fully saturated rings. The van der Waals surface area contributed by atoms with E-state index in [0.29, 0.717) is 37.7 Å². The normalized spacial score (nSPS) is 18.7. The molecule has 0 unspecified atom stereocenters. The molecule has 2 amide bonds. The molecule has 0 spiro atoms. The van der Waals surface area contributed by atoms with Gasteiger partial charge >= 0.3 is 12.1 Å². The van der Waals surface area contributed by atoms with E-state index in [2.05, 4.69) is 15.2 Å². The summed E-state index contributed by atoms with van der Waals surface area (Å²) in [7, 11) is 2.70. The van der Waals surface area contributed by atoms with Crippen molar-refractivity contribution in [3.63, 3.8) is 0 Å². The van der Waals surface area contributed by atoms with Crippen molar-refractivity contribution in [2.75, 3.05) is 45.2 Å². The van der Waals surface area contributed by atoms with Gasteiger partial charge < -0.3 is 25.0 Å². The van der Waals surface area contributed by atoms with Crippen molar-refractivity contribution < 1.29 is 41.4 Å². The molecule has 0 radical (unpaired) electrons. The molecule has 2 aliphatic rings. The van der Waals surface area contributed by atoms with Crippen LogP contribution in [0.4, 0.5) is 27.8 Å². The third-order valence-corrected chi connectivity index (χ3v) is 8.71. The molecule has 3 heterocycles. The summed E-state index contributed by atoms with van der Waals surface area (Å²) in [5.41, 5.74) is -4.77. The van der Waals surface area contributed by atoms with E-state index in [0.717, 1.165) is 42.4 Å². The highest BCUT2D eigenvalue weighted by Crippen LogP contribution is 2.50. The summed E-state index contributed by atoms with van der Waals surface area (Å²) in [6, 6.07) is 7.50. The number of amides is 2. The fourth-order valence-electron chi connectivity index (χ4n) is 5.87. The van der Waals surface area contributed by atoms with Crippen LogP contribution in [0.2, 0.25) is 5.15 Å². The molecule has 14 heteroatoms. The molecule has 2 N–H and O–H groups in total. The van der Waals surface area contributed by atoms with Crippen molar-refractivity contribution in [2.45, 2.75) is 49.8 Å².